The number of hydrogen-bond donors (Lipinski definition) is 0. The van der Waals surface area contributed by atoms with Crippen LogP contribution in [-0.4, -0.2) is 14.1 Å². The fourth-order valence-corrected chi connectivity index (χ4v) is 2.37. The van der Waals surface area contributed by atoms with Crippen molar-refractivity contribution in [1.82, 2.24) is 9.13 Å². The number of aromatic nitrogens is 2. The molecule has 0 aliphatic carbocycles. The van der Waals surface area contributed by atoms with Gasteiger partial charge in [0.15, 0.2) is 0 Å². The van der Waals surface area contributed by atoms with Crippen LogP contribution in [0.3, 0.4) is 0 Å². The van der Waals surface area contributed by atoms with Gasteiger partial charge in [-0.1, -0.05) is 6.07 Å². The van der Waals surface area contributed by atoms with Crippen molar-refractivity contribution in [3.63, 3.8) is 0 Å². The molecule has 0 unspecified atom stereocenters. The van der Waals surface area contributed by atoms with Crippen molar-refractivity contribution in [2.75, 3.05) is 0 Å². The lowest BCUT2D eigenvalue weighted by Gasteiger charge is -2.06. The normalized spacial score (nSPS) is 11.1. The second-order valence-corrected chi connectivity index (χ2v) is 5.02. The fraction of sp³-hybridized carbons (Fsp3) is 0.167. The molecule has 0 saturated carbocycles. The summed E-state index contributed by atoms with van der Waals surface area (Å²) in [5.41, 5.74) is -2.14. The maximum absolute atomic E-state index is 11.8. The molecule has 2 aromatic heterocycles. The molecule has 0 aromatic carbocycles. The lowest BCUT2D eigenvalue weighted by atomic mass is 10.3. The number of thiophene rings is 1. The second kappa shape index (κ2) is 5.25. The van der Waals surface area contributed by atoms with Gasteiger partial charge in [-0.3, -0.25) is 24.0 Å². The number of rotatable bonds is 3. The standard InChI is InChI=1S/C12H11N3O4S/c1-13-9(6-5-8-4-3-7-20-8)10(15(18)19)11(16)14(2)12(13)17/h3-7H,1-2H3/b6-5+. The van der Waals surface area contributed by atoms with Gasteiger partial charge in [0.1, 0.15) is 5.69 Å². The van der Waals surface area contributed by atoms with Crippen LogP contribution in [0.1, 0.15) is 10.6 Å². The average Bonchev–Trinajstić information content (AvgIpc) is 2.91. The molecule has 0 fully saturated rings. The molecule has 0 N–H and O–H groups in total. The second-order valence-electron chi connectivity index (χ2n) is 4.05. The largest absolute Gasteiger partial charge is 0.357 e. The summed E-state index contributed by atoms with van der Waals surface area (Å²) in [6, 6.07) is 3.66. The van der Waals surface area contributed by atoms with E-state index in [1.807, 2.05) is 17.5 Å². The van der Waals surface area contributed by atoms with E-state index < -0.39 is 21.9 Å². The average molecular weight is 293 g/mol. The Morgan fingerprint density at radius 1 is 1.25 bits per heavy atom. The van der Waals surface area contributed by atoms with E-state index >= 15 is 0 Å². The molecule has 0 saturated heterocycles. The van der Waals surface area contributed by atoms with E-state index in [0.29, 0.717) is 0 Å². The third-order valence-electron chi connectivity index (χ3n) is 2.82. The van der Waals surface area contributed by atoms with E-state index in [2.05, 4.69) is 0 Å². The van der Waals surface area contributed by atoms with E-state index in [-0.39, 0.29) is 5.69 Å². The minimum absolute atomic E-state index is 0.0171. The van der Waals surface area contributed by atoms with Crippen LogP contribution in [0.5, 0.6) is 0 Å². The summed E-state index contributed by atoms with van der Waals surface area (Å²) < 4.78 is 1.81. The van der Waals surface area contributed by atoms with Crippen molar-refractivity contribution in [3.05, 3.63) is 59.0 Å². The van der Waals surface area contributed by atoms with Crippen molar-refractivity contribution in [2.24, 2.45) is 14.1 Å². The molecular formula is C12H11N3O4S. The Morgan fingerprint density at radius 2 is 1.95 bits per heavy atom. The van der Waals surface area contributed by atoms with Crippen LogP contribution in [0.25, 0.3) is 12.2 Å². The summed E-state index contributed by atoms with van der Waals surface area (Å²) in [5.74, 6) is 0. The van der Waals surface area contributed by atoms with Crippen LogP contribution < -0.4 is 11.2 Å². The van der Waals surface area contributed by atoms with Crippen molar-refractivity contribution < 1.29 is 4.92 Å². The van der Waals surface area contributed by atoms with E-state index in [0.717, 1.165) is 14.0 Å². The van der Waals surface area contributed by atoms with Crippen LogP contribution >= 0.6 is 11.3 Å². The van der Waals surface area contributed by atoms with Gasteiger partial charge in [-0.05, 0) is 23.6 Å². The molecule has 20 heavy (non-hydrogen) atoms. The highest BCUT2D eigenvalue weighted by molar-refractivity contribution is 7.10. The Hall–Kier alpha value is -2.48. The van der Waals surface area contributed by atoms with E-state index in [9.17, 15) is 19.7 Å². The minimum Gasteiger partial charge on any atom is -0.291 e. The van der Waals surface area contributed by atoms with Gasteiger partial charge in [0.05, 0.1) is 4.92 Å². The molecule has 8 heteroatoms. The number of hydrogen-bond acceptors (Lipinski definition) is 5. The molecule has 0 bridgehead atoms. The van der Waals surface area contributed by atoms with Crippen LogP contribution in [-0.2, 0) is 14.1 Å². The highest BCUT2D eigenvalue weighted by Gasteiger charge is 2.23. The van der Waals surface area contributed by atoms with Gasteiger partial charge in [-0.25, -0.2) is 4.79 Å². The fourth-order valence-electron chi connectivity index (χ4n) is 1.75. The number of nitrogens with zero attached hydrogens (tertiary/aromatic N) is 3. The monoisotopic (exact) mass is 293 g/mol. The van der Waals surface area contributed by atoms with Gasteiger partial charge in [0, 0.05) is 19.0 Å². The Labute approximate surface area is 117 Å². The molecule has 2 heterocycles. The molecule has 0 spiro atoms. The predicted octanol–water partition coefficient (Wildman–Crippen LogP) is 1.22. The summed E-state index contributed by atoms with van der Waals surface area (Å²) in [4.78, 5) is 34.8. The molecule has 7 nitrogen and oxygen atoms in total. The molecule has 0 amide bonds. The smallest absolute Gasteiger partial charge is 0.291 e. The zero-order valence-corrected chi connectivity index (χ0v) is 11.6. The molecule has 104 valence electrons. The maximum Gasteiger partial charge on any atom is 0.357 e. The highest BCUT2D eigenvalue weighted by Crippen LogP contribution is 2.17. The SMILES string of the molecule is Cn1c(/C=C/c2cccs2)c([N+](=O)[O-])c(=O)n(C)c1=O. The molecule has 2 rings (SSSR count). The van der Waals surface area contributed by atoms with Crippen LogP contribution in [0.2, 0.25) is 0 Å². The van der Waals surface area contributed by atoms with E-state index in [1.54, 1.807) is 6.08 Å². The summed E-state index contributed by atoms with van der Waals surface area (Å²) in [7, 11) is 2.60. The topological polar surface area (TPSA) is 87.1 Å². The van der Waals surface area contributed by atoms with Gasteiger partial charge in [0.2, 0.25) is 0 Å². The first kappa shape index (κ1) is 13.9. The summed E-state index contributed by atoms with van der Waals surface area (Å²) >= 11 is 1.45. The lowest BCUT2D eigenvalue weighted by molar-refractivity contribution is -0.387. The zero-order chi connectivity index (χ0) is 14.9. The van der Waals surface area contributed by atoms with Gasteiger partial charge in [-0.2, -0.15) is 0 Å². The molecule has 0 atom stereocenters. The Kier molecular flexibility index (Phi) is 3.66. The molecule has 2 aromatic rings. The quantitative estimate of drug-likeness (QED) is 0.629. The third-order valence-corrected chi connectivity index (χ3v) is 3.65. The summed E-state index contributed by atoms with van der Waals surface area (Å²) in [6.45, 7) is 0. The van der Waals surface area contributed by atoms with Crippen LogP contribution in [0.4, 0.5) is 5.69 Å². The Bertz CT molecular complexity index is 799. The summed E-state index contributed by atoms with van der Waals surface area (Å²) in [6.07, 6.45) is 3.04. The first-order valence-electron chi connectivity index (χ1n) is 5.59. The first-order chi connectivity index (χ1) is 9.43. The Morgan fingerprint density at radius 3 is 2.50 bits per heavy atom. The molecule has 0 aliphatic rings. The van der Waals surface area contributed by atoms with Gasteiger partial charge in [0.25, 0.3) is 0 Å². The van der Waals surface area contributed by atoms with E-state index in [4.69, 9.17) is 0 Å². The van der Waals surface area contributed by atoms with Gasteiger partial charge in [-0.15, -0.1) is 11.3 Å². The Balaban J connectivity index is 2.71. The van der Waals surface area contributed by atoms with Gasteiger partial charge < -0.3 is 0 Å². The van der Waals surface area contributed by atoms with Crippen molar-refractivity contribution in [2.45, 2.75) is 0 Å². The van der Waals surface area contributed by atoms with Crippen molar-refractivity contribution >= 4 is 29.2 Å². The molecule has 0 aliphatic heterocycles. The van der Waals surface area contributed by atoms with Crippen LogP contribution in [0.15, 0.2) is 27.1 Å². The molecular weight excluding hydrogens is 282 g/mol. The number of nitro groups is 1. The van der Waals surface area contributed by atoms with E-state index in [1.165, 1.54) is 31.5 Å². The molecule has 0 radical (unpaired) electrons. The van der Waals surface area contributed by atoms with Crippen molar-refractivity contribution in [3.8, 4) is 0 Å². The van der Waals surface area contributed by atoms with Crippen molar-refractivity contribution in [1.29, 1.82) is 0 Å². The lowest BCUT2D eigenvalue weighted by Crippen LogP contribution is -2.39. The predicted molar refractivity (Wildman–Crippen MR) is 76.8 cm³/mol. The third kappa shape index (κ3) is 2.32. The maximum atomic E-state index is 11.8. The first-order valence-corrected chi connectivity index (χ1v) is 6.47. The zero-order valence-electron chi connectivity index (χ0n) is 10.8. The minimum atomic E-state index is -0.913. The highest BCUT2D eigenvalue weighted by atomic mass is 32.1. The van der Waals surface area contributed by atoms with Crippen LogP contribution in [0, 0.1) is 10.1 Å². The summed E-state index contributed by atoms with van der Waals surface area (Å²) in [5, 5.41) is 12.9. The van der Waals surface area contributed by atoms with Gasteiger partial charge >= 0.3 is 16.9 Å².